The van der Waals surface area contributed by atoms with E-state index in [1.807, 2.05) is 24.3 Å². The third kappa shape index (κ3) is 3.70. The Hall–Kier alpha value is -2.48. The lowest BCUT2D eigenvalue weighted by molar-refractivity contribution is -0.140. The lowest BCUT2D eigenvalue weighted by atomic mass is 10.1. The summed E-state index contributed by atoms with van der Waals surface area (Å²) in [6.45, 7) is 1.44. The number of nitrogens with zero attached hydrogens (tertiary/aromatic N) is 4. The van der Waals surface area contributed by atoms with E-state index in [1.54, 1.807) is 9.58 Å². The molecule has 1 fully saturated rings. The van der Waals surface area contributed by atoms with Gasteiger partial charge in [0.25, 0.3) is 0 Å². The number of rotatable bonds is 6. The van der Waals surface area contributed by atoms with Gasteiger partial charge < -0.3 is 14.7 Å². The van der Waals surface area contributed by atoms with Crippen molar-refractivity contribution in [1.29, 1.82) is 0 Å². The van der Waals surface area contributed by atoms with Crippen LogP contribution in [0.5, 0.6) is 0 Å². The van der Waals surface area contributed by atoms with E-state index in [1.165, 1.54) is 0 Å². The Balaban J connectivity index is 1.75. The van der Waals surface area contributed by atoms with E-state index in [0.29, 0.717) is 13.2 Å². The second kappa shape index (κ2) is 7.39. The first-order valence-electron chi connectivity index (χ1n) is 8.02. The second-order valence-corrected chi connectivity index (χ2v) is 5.81. The first kappa shape index (κ1) is 16.4. The molecule has 8 nitrogen and oxygen atoms in total. The van der Waals surface area contributed by atoms with E-state index < -0.39 is 5.97 Å². The highest BCUT2D eigenvalue weighted by Crippen LogP contribution is 2.17. The Bertz CT molecular complexity index is 724. The number of carbonyl (C=O) groups is 2. The SMILES string of the molecule is O=C(O)CCN(C(=O)Cn1nnc2ccccc21)C1CCOCC1. The van der Waals surface area contributed by atoms with Gasteiger partial charge in [-0.05, 0) is 25.0 Å². The zero-order valence-electron chi connectivity index (χ0n) is 13.3. The topological polar surface area (TPSA) is 97.6 Å². The van der Waals surface area contributed by atoms with Crippen molar-refractivity contribution in [1.82, 2.24) is 19.9 Å². The van der Waals surface area contributed by atoms with Crippen molar-refractivity contribution in [2.24, 2.45) is 0 Å². The summed E-state index contributed by atoms with van der Waals surface area (Å²) in [4.78, 5) is 25.3. The Morgan fingerprint density at radius 2 is 2.04 bits per heavy atom. The maximum Gasteiger partial charge on any atom is 0.305 e. The largest absolute Gasteiger partial charge is 0.481 e. The molecule has 24 heavy (non-hydrogen) atoms. The van der Waals surface area contributed by atoms with Gasteiger partial charge in [-0.1, -0.05) is 17.3 Å². The number of carbonyl (C=O) groups excluding carboxylic acids is 1. The Labute approximate surface area is 139 Å². The molecule has 0 radical (unpaired) electrons. The summed E-state index contributed by atoms with van der Waals surface area (Å²) >= 11 is 0. The van der Waals surface area contributed by atoms with Crippen LogP contribution in [-0.4, -0.2) is 62.7 Å². The van der Waals surface area contributed by atoms with Gasteiger partial charge in [-0.2, -0.15) is 0 Å². The minimum Gasteiger partial charge on any atom is -0.481 e. The van der Waals surface area contributed by atoms with Crippen LogP contribution in [0, 0.1) is 0 Å². The number of para-hydroxylation sites is 1. The van der Waals surface area contributed by atoms with Crippen molar-refractivity contribution in [2.75, 3.05) is 19.8 Å². The van der Waals surface area contributed by atoms with Crippen molar-refractivity contribution in [3.8, 4) is 0 Å². The van der Waals surface area contributed by atoms with Gasteiger partial charge in [0, 0.05) is 25.8 Å². The average Bonchev–Trinajstić information content (AvgIpc) is 2.99. The van der Waals surface area contributed by atoms with Crippen LogP contribution in [0.4, 0.5) is 0 Å². The molecule has 1 N–H and O–H groups in total. The Kier molecular flexibility index (Phi) is 5.05. The fraction of sp³-hybridized carbons (Fsp3) is 0.500. The molecular formula is C16H20N4O4. The van der Waals surface area contributed by atoms with E-state index in [0.717, 1.165) is 23.9 Å². The predicted octanol–water partition coefficient (Wildman–Crippen LogP) is 0.914. The van der Waals surface area contributed by atoms with E-state index in [2.05, 4.69) is 10.3 Å². The number of aromatic nitrogens is 3. The third-order valence-electron chi connectivity index (χ3n) is 4.22. The van der Waals surface area contributed by atoms with E-state index in [9.17, 15) is 9.59 Å². The van der Waals surface area contributed by atoms with E-state index in [4.69, 9.17) is 9.84 Å². The molecule has 0 aliphatic carbocycles. The van der Waals surface area contributed by atoms with E-state index in [-0.39, 0.29) is 31.5 Å². The molecule has 0 spiro atoms. The van der Waals surface area contributed by atoms with E-state index >= 15 is 0 Å². The number of amides is 1. The van der Waals surface area contributed by atoms with Crippen LogP contribution in [0.3, 0.4) is 0 Å². The van der Waals surface area contributed by atoms with Crippen molar-refractivity contribution >= 4 is 22.9 Å². The van der Waals surface area contributed by atoms with Crippen molar-refractivity contribution < 1.29 is 19.4 Å². The molecule has 1 aromatic heterocycles. The van der Waals surface area contributed by atoms with Gasteiger partial charge in [-0.25, -0.2) is 4.68 Å². The zero-order chi connectivity index (χ0) is 16.9. The molecule has 0 saturated carbocycles. The first-order chi connectivity index (χ1) is 11.6. The van der Waals surface area contributed by atoms with Crippen molar-refractivity contribution in [3.63, 3.8) is 0 Å². The molecule has 1 aliphatic rings. The van der Waals surface area contributed by atoms with Crippen LogP contribution in [0.2, 0.25) is 0 Å². The van der Waals surface area contributed by atoms with Crippen LogP contribution >= 0.6 is 0 Å². The summed E-state index contributed by atoms with van der Waals surface area (Å²) in [6, 6.07) is 7.45. The Morgan fingerprint density at radius 1 is 1.29 bits per heavy atom. The number of aliphatic carboxylic acids is 1. The van der Waals surface area contributed by atoms with Crippen molar-refractivity contribution in [2.45, 2.75) is 31.8 Å². The molecule has 3 rings (SSSR count). The highest BCUT2D eigenvalue weighted by Gasteiger charge is 2.26. The number of hydrogen-bond donors (Lipinski definition) is 1. The smallest absolute Gasteiger partial charge is 0.305 e. The highest BCUT2D eigenvalue weighted by molar-refractivity contribution is 5.80. The molecule has 1 aliphatic heterocycles. The number of hydrogen-bond acceptors (Lipinski definition) is 5. The van der Waals surface area contributed by atoms with Gasteiger partial charge in [-0.15, -0.1) is 5.10 Å². The summed E-state index contributed by atoms with van der Waals surface area (Å²) in [5, 5.41) is 17.0. The van der Waals surface area contributed by atoms with Gasteiger partial charge in [0.15, 0.2) is 0 Å². The van der Waals surface area contributed by atoms with Crippen LogP contribution in [0.15, 0.2) is 24.3 Å². The van der Waals surface area contributed by atoms with Gasteiger partial charge >= 0.3 is 5.97 Å². The fourth-order valence-electron chi connectivity index (χ4n) is 2.98. The summed E-state index contributed by atoms with van der Waals surface area (Å²) in [5.41, 5.74) is 1.52. The predicted molar refractivity (Wildman–Crippen MR) is 85.3 cm³/mol. The maximum absolute atomic E-state index is 12.8. The normalized spacial score (nSPS) is 15.5. The van der Waals surface area contributed by atoms with Crippen LogP contribution in [0.25, 0.3) is 11.0 Å². The number of benzene rings is 1. The van der Waals surface area contributed by atoms with Crippen LogP contribution in [-0.2, 0) is 20.9 Å². The molecule has 0 unspecified atom stereocenters. The van der Waals surface area contributed by atoms with Crippen LogP contribution in [0.1, 0.15) is 19.3 Å². The average molecular weight is 332 g/mol. The summed E-state index contributed by atoms with van der Waals surface area (Å²) in [7, 11) is 0. The summed E-state index contributed by atoms with van der Waals surface area (Å²) < 4.78 is 6.90. The third-order valence-corrected chi connectivity index (χ3v) is 4.22. The fourth-order valence-corrected chi connectivity index (χ4v) is 2.98. The number of carboxylic acids is 1. The highest BCUT2D eigenvalue weighted by atomic mass is 16.5. The summed E-state index contributed by atoms with van der Waals surface area (Å²) in [5.74, 6) is -1.05. The number of carboxylic acid groups (broad SMARTS) is 1. The first-order valence-corrected chi connectivity index (χ1v) is 8.02. The zero-order valence-corrected chi connectivity index (χ0v) is 13.3. The van der Waals surface area contributed by atoms with Crippen LogP contribution < -0.4 is 0 Å². The number of ether oxygens (including phenoxy) is 1. The van der Waals surface area contributed by atoms with Gasteiger partial charge in [0.1, 0.15) is 12.1 Å². The lowest BCUT2D eigenvalue weighted by Gasteiger charge is -2.34. The second-order valence-electron chi connectivity index (χ2n) is 5.81. The molecule has 0 bridgehead atoms. The number of fused-ring (bicyclic) bond motifs is 1. The molecule has 8 heteroatoms. The molecule has 128 valence electrons. The quantitative estimate of drug-likeness (QED) is 0.844. The minimum atomic E-state index is -0.911. The molecule has 0 atom stereocenters. The van der Waals surface area contributed by atoms with Gasteiger partial charge in [-0.3, -0.25) is 9.59 Å². The molecule has 1 aromatic carbocycles. The molecule has 2 heterocycles. The molecular weight excluding hydrogens is 312 g/mol. The lowest BCUT2D eigenvalue weighted by Crippen LogP contribution is -2.45. The monoisotopic (exact) mass is 332 g/mol. The van der Waals surface area contributed by atoms with Gasteiger partial charge in [0.2, 0.25) is 5.91 Å². The van der Waals surface area contributed by atoms with Gasteiger partial charge in [0.05, 0.1) is 11.9 Å². The molecule has 1 saturated heterocycles. The Morgan fingerprint density at radius 3 is 2.79 bits per heavy atom. The molecule has 2 aromatic rings. The van der Waals surface area contributed by atoms with Crippen molar-refractivity contribution in [3.05, 3.63) is 24.3 Å². The molecule has 1 amide bonds. The maximum atomic E-state index is 12.8. The minimum absolute atomic E-state index is 0.0142. The standard InChI is InChI=1S/C16H20N4O4/c21-15(11-20-14-4-2-1-3-13(14)17-18-20)19(8-5-16(22)23)12-6-9-24-10-7-12/h1-4,12H,5-11H2,(H,22,23). The summed E-state index contributed by atoms with van der Waals surface area (Å²) in [6.07, 6.45) is 1.38.